The van der Waals surface area contributed by atoms with Crippen molar-refractivity contribution in [2.24, 2.45) is 0 Å². The van der Waals surface area contributed by atoms with Crippen molar-refractivity contribution in [3.05, 3.63) is 68.4 Å². The number of hydrogen-bond donors (Lipinski definition) is 1. The molecule has 2 aromatic carbocycles. The van der Waals surface area contributed by atoms with Crippen LogP contribution in [-0.2, 0) is 19.3 Å². The van der Waals surface area contributed by atoms with Gasteiger partial charge in [-0.2, -0.15) is 0 Å². The van der Waals surface area contributed by atoms with E-state index in [9.17, 15) is 9.50 Å². The van der Waals surface area contributed by atoms with E-state index in [2.05, 4.69) is 22.0 Å². The predicted octanol–water partition coefficient (Wildman–Crippen LogP) is 4.70. The third-order valence-corrected chi connectivity index (χ3v) is 4.96. The molecule has 110 valence electrons. The Kier molecular flexibility index (Phi) is 4.08. The minimum atomic E-state index is -0.938. The van der Waals surface area contributed by atoms with Crippen molar-refractivity contribution in [3.8, 4) is 0 Å². The van der Waals surface area contributed by atoms with Crippen LogP contribution in [-0.4, -0.2) is 10.7 Å². The molecule has 0 spiro atoms. The molecular weight excluding hydrogens is 355 g/mol. The van der Waals surface area contributed by atoms with Crippen molar-refractivity contribution in [1.29, 1.82) is 0 Å². The van der Waals surface area contributed by atoms with Gasteiger partial charge in [-0.1, -0.05) is 39.7 Å². The first-order valence-corrected chi connectivity index (χ1v) is 8.06. The average Bonchev–Trinajstić information content (AvgIpc) is 2.44. The van der Waals surface area contributed by atoms with Gasteiger partial charge in [-0.25, -0.2) is 4.39 Å². The zero-order valence-electron chi connectivity index (χ0n) is 11.4. The van der Waals surface area contributed by atoms with Gasteiger partial charge in [0, 0.05) is 27.9 Å². The largest absolute Gasteiger partial charge is 0.389 e. The molecule has 21 heavy (non-hydrogen) atoms. The lowest BCUT2D eigenvalue weighted by molar-refractivity contribution is 0.0259. The summed E-state index contributed by atoms with van der Waals surface area (Å²) < 4.78 is 15.0. The molecule has 1 aliphatic rings. The van der Waals surface area contributed by atoms with E-state index in [1.165, 1.54) is 11.6 Å². The van der Waals surface area contributed by atoms with E-state index in [1.54, 1.807) is 12.1 Å². The fourth-order valence-corrected chi connectivity index (χ4v) is 3.63. The number of rotatable bonds is 2. The third-order valence-electron chi connectivity index (χ3n) is 4.12. The van der Waals surface area contributed by atoms with Crippen LogP contribution >= 0.6 is 27.5 Å². The Labute approximate surface area is 136 Å². The molecule has 0 saturated carbocycles. The lowest BCUT2D eigenvalue weighted by Crippen LogP contribution is -2.38. The summed E-state index contributed by atoms with van der Waals surface area (Å²) in [6.45, 7) is 0. The summed E-state index contributed by atoms with van der Waals surface area (Å²) in [5.41, 5.74) is 1.84. The molecule has 1 N–H and O–H groups in total. The fraction of sp³-hybridized carbons (Fsp3) is 0.294. The molecule has 1 nitrogen and oxygen atoms in total. The third kappa shape index (κ3) is 3.15. The molecule has 0 fully saturated rings. The van der Waals surface area contributed by atoms with Gasteiger partial charge in [0.25, 0.3) is 0 Å². The topological polar surface area (TPSA) is 20.2 Å². The molecule has 1 atom stereocenters. The first-order chi connectivity index (χ1) is 9.97. The minimum absolute atomic E-state index is 0.244. The first-order valence-electron chi connectivity index (χ1n) is 6.89. The van der Waals surface area contributed by atoms with Gasteiger partial charge in [0.05, 0.1) is 5.60 Å². The number of hydrogen-bond acceptors (Lipinski definition) is 1. The predicted molar refractivity (Wildman–Crippen MR) is 86.2 cm³/mol. The number of aryl methyl sites for hydroxylation is 1. The summed E-state index contributed by atoms with van der Waals surface area (Å²) in [5, 5.41) is 11.2. The Morgan fingerprint density at radius 1 is 1.24 bits per heavy atom. The molecular formula is C17H15BrClFO. The van der Waals surface area contributed by atoms with Gasteiger partial charge in [0.2, 0.25) is 0 Å². The summed E-state index contributed by atoms with van der Waals surface area (Å²) in [7, 11) is 0. The van der Waals surface area contributed by atoms with Gasteiger partial charge in [0.1, 0.15) is 5.82 Å². The van der Waals surface area contributed by atoms with Gasteiger partial charge >= 0.3 is 0 Å². The molecule has 1 aliphatic carbocycles. The molecule has 1 unspecified atom stereocenters. The van der Waals surface area contributed by atoms with Crippen LogP contribution in [0.1, 0.15) is 23.1 Å². The standard InChI is InChI=1S/C17H15BrClFO/c18-13-5-4-12-9-17(21,7-6-11(12)8-13)10-14-15(19)2-1-3-16(14)20/h1-5,8,21H,6-7,9-10H2. The molecule has 2 aromatic rings. The van der Waals surface area contributed by atoms with Crippen LogP contribution in [0.5, 0.6) is 0 Å². The van der Waals surface area contributed by atoms with Crippen molar-refractivity contribution in [2.45, 2.75) is 31.3 Å². The highest BCUT2D eigenvalue weighted by molar-refractivity contribution is 9.10. The Morgan fingerprint density at radius 3 is 2.81 bits per heavy atom. The van der Waals surface area contributed by atoms with Crippen molar-refractivity contribution >= 4 is 27.5 Å². The Balaban J connectivity index is 1.88. The highest BCUT2D eigenvalue weighted by atomic mass is 79.9. The van der Waals surface area contributed by atoms with E-state index in [-0.39, 0.29) is 12.2 Å². The van der Waals surface area contributed by atoms with Crippen LogP contribution in [0.4, 0.5) is 4.39 Å². The van der Waals surface area contributed by atoms with Crippen LogP contribution in [0, 0.1) is 5.82 Å². The lowest BCUT2D eigenvalue weighted by Gasteiger charge is -2.34. The van der Waals surface area contributed by atoms with Gasteiger partial charge in [-0.3, -0.25) is 0 Å². The monoisotopic (exact) mass is 368 g/mol. The second-order valence-electron chi connectivity index (χ2n) is 5.69. The molecule has 0 heterocycles. The highest BCUT2D eigenvalue weighted by Gasteiger charge is 2.33. The van der Waals surface area contributed by atoms with Crippen LogP contribution in [0.25, 0.3) is 0 Å². The molecule has 0 radical (unpaired) electrons. The van der Waals surface area contributed by atoms with Gasteiger partial charge < -0.3 is 5.11 Å². The first kappa shape index (κ1) is 15.0. The molecule has 0 aromatic heterocycles. The second-order valence-corrected chi connectivity index (χ2v) is 7.01. The van der Waals surface area contributed by atoms with E-state index < -0.39 is 5.60 Å². The van der Waals surface area contributed by atoms with Crippen molar-refractivity contribution < 1.29 is 9.50 Å². The van der Waals surface area contributed by atoms with E-state index in [0.717, 1.165) is 16.5 Å². The Bertz CT molecular complexity index is 668. The normalized spacial score (nSPS) is 21.1. The van der Waals surface area contributed by atoms with Gasteiger partial charge in [0.15, 0.2) is 0 Å². The molecule has 4 heteroatoms. The van der Waals surface area contributed by atoms with E-state index in [0.29, 0.717) is 23.4 Å². The maximum Gasteiger partial charge on any atom is 0.127 e. The minimum Gasteiger partial charge on any atom is -0.389 e. The van der Waals surface area contributed by atoms with Crippen LogP contribution in [0.15, 0.2) is 40.9 Å². The summed E-state index contributed by atoms with van der Waals surface area (Å²) in [6.07, 6.45) is 2.17. The smallest absolute Gasteiger partial charge is 0.127 e. The number of benzene rings is 2. The van der Waals surface area contributed by atoms with Gasteiger partial charge in [-0.05, 0) is 48.2 Å². The molecule has 0 saturated heterocycles. The average molecular weight is 370 g/mol. The van der Waals surface area contributed by atoms with Crippen LogP contribution in [0.3, 0.4) is 0 Å². The van der Waals surface area contributed by atoms with Gasteiger partial charge in [-0.15, -0.1) is 0 Å². The van der Waals surface area contributed by atoms with Crippen molar-refractivity contribution in [2.75, 3.05) is 0 Å². The lowest BCUT2D eigenvalue weighted by atomic mass is 9.77. The second kappa shape index (κ2) is 5.71. The van der Waals surface area contributed by atoms with E-state index in [1.807, 2.05) is 12.1 Å². The zero-order chi connectivity index (χ0) is 15.0. The summed E-state index contributed by atoms with van der Waals surface area (Å²) in [5.74, 6) is -0.350. The van der Waals surface area contributed by atoms with Crippen LogP contribution < -0.4 is 0 Å². The van der Waals surface area contributed by atoms with Crippen molar-refractivity contribution in [3.63, 3.8) is 0 Å². The molecule has 0 bridgehead atoms. The highest BCUT2D eigenvalue weighted by Crippen LogP contribution is 2.34. The summed E-state index contributed by atoms with van der Waals surface area (Å²) in [4.78, 5) is 0. The quantitative estimate of drug-likeness (QED) is 0.813. The molecule has 0 aliphatic heterocycles. The summed E-state index contributed by atoms with van der Waals surface area (Å²) >= 11 is 9.54. The maximum atomic E-state index is 13.9. The fourth-order valence-electron chi connectivity index (χ4n) is 2.99. The number of halogens is 3. The molecule has 0 amide bonds. The van der Waals surface area contributed by atoms with Crippen molar-refractivity contribution in [1.82, 2.24) is 0 Å². The number of fused-ring (bicyclic) bond motifs is 1. The Morgan fingerprint density at radius 2 is 2.05 bits per heavy atom. The summed E-state index contributed by atoms with van der Waals surface area (Å²) in [6, 6.07) is 10.7. The number of aliphatic hydroxyl groups is 1. The van der Waals surface area contributed by atoms with E-state index >= 15 is 0 Å². The van der Waals surface area contributed by atoms with E-state index in [4.69, 9.17) is 11.6 Å². The SMILES string of the molecule is OC1(Cc2c(F)cccc2Cl)CCc2cc(Br)ccc2C1. The maximum absolute atomic E-state index is 13.9. The Hall–Kier alpha value is -0.900. The molecule has 3 rings (SSSR count). The zero-order valence-corrected chi connectivity index (χ0v) is 13.7. The van der Waals surface area contributed by atoms with Crippen LogP contribution in [0.2, 0.25) is 5.02 Å².